The largest absolute Gasteiger partial charge is 0.480 e. The van der Waals surface area contributed by atoms with Gasteiger partial charge >= 0.3 is 11.9 Å². The van der Waals surface area contributed by atoms with Gasteiger partial charge in [0.2, 0.25) is 0 Å². The minimum Gasteiger partial charge on any atom is -0.480 e. The van der Waals surface area contributed by atoms with Crippen molar-refractivity contribution in [1.29, 1.82) is 0 Å². The summed E-state index contributed by atoms with van der Waals surface area (Å²) in [4.78, 5) is 34.1. The van der Waals surface area contributed by atoms with Crippen LogP contribution >= 0.6 is 15.9 Å². The number of esters is 1. The highest BCUT2D eigenvalue weighted by molar-refractivity contribution is 9.10. The number of benzene rings is 1. The van der Waals surface area contributed by atoms with Crippen molar-refractivity contribution >= 4 is 33.8 Å². The Kier molecular flexibility index (Phi) is 5.69. The van der Waals surface area contributed by atoms with E-state index in [1.807, 2.05) is 6.92 Å². The molecule has 0 spiro atoms. The first kappa shape index (κ1) is 16.2. The second-order valence-electron chi connectivity index (χ2n) is 4.11. The minimum absolute atomic E-state index is 0.321. The number of aryl methyl sites for hydroxylation is 1. The van der Waals surface area contributed by atoms with Crippen LogP contribution < -0.4 is 5.32 Å². The molecule has 1 aromatic rings. The van der Waals surface area contributed by atoms with Crippen LogP contribution in [0.1, 0.15) is 22.3 Å². The number of methoxy groups -OCH3 is 1. The van der Waals surface area contributed by atoms with Gasteiger partial charge in [-0.2, -0.15) is 0 Å². The highest BCUT2D eigenvalue weighted by Crippen LogP contribution is 2.17. The van der Waals surface area contributed by atoms with Gasteiger partial charge in [-0.15, -0.1) is 0 Å². The molecule has 0 aliphatic heterocycles. The molecule has 0 saturated heterocycles. The van der Waals surface area contributed by atoms with Gasteiger partial charge < -0.3 is 15.2 Å². The molecule has 0 aliphatic carbocycles. The van der Waals surface area contributed by atoms with Gasteiger partial charge in [-0.1, -0.05) is 15.9 Å². The SMILES string of the molecule is COC(=O)C[C@H](NC(=O)c1ccc(Br)c(C)c1)C(=O)O. The van der Waals surface area contributed by atoms with E-state index in [1.165, 1.54) is 0 Å². The van der Waals surface area contributed by atoms with Crippen molar-refractivity contribution in [3.05, 3.63) is 33.8 Å². The van der Waals surface area contributed by atoms with Crippen LogP contribution in [0.25, 0.3) is 0 Å². The Morgan fingerprint density at radius 1 is 1.40 bits per heavy atom. The average molecular weight is 344 g/mol. The van der Waals surface area contributed by atoms with Gasteiger partial charge in [0.05, 0.1) is 13.5 Å². The normalized spacial score (nSPS) is 11.6. The fourth-order valence-electron chi connectivity index (χ4n) is 1.48. The standard InChI is InChI=1S/C13H14BrNO5/c1-7-5-8(3-4-9(7)14)12(17)15-10(13(18)19)6-11(16)20-2/h3-5,10H,6H2,1-2H3,(H,15,17)(H,18,19)/t10-/m0/s1. The molecule has 1 atom stereocenters. The maximum Gasteiger partial charge on any atom is 0.326 e. The Bertz CT molecular complexity index is 544. The number of amides is 1. The molecular formula is C13H14BrNO5. The lowest BCUT2D eigenvalue weighted by molar-refractivity contribution is -0.147. The quantitative estimate of drug-likeness (QED) is 0.790. The summed E-state index contributed by atoms with van der Waals surface area (Å²) in [5, 5.41) is 11.3. The molecule has 0 unspecified atom stereocenters. The van der Waals surface area contributed by atoms with Crippen molar-refractivity contribution in [2.75, 3.05) is 7.11 Å². The number of ether oxygens (including phenoxy) is 1. The van der Waals surface area contributed by atoms with Crippen molar-refractivity contribution in [3.8, 4) is 0 Å². The third-order valence-electron chi connectivity index (χ3n) is 2.62. The molecule has 0 aromatic heterocycles. The number of nitrogens with one attached hydrogen (secondary N) is 1. The van der Waals surface area contributed by atoms with Crippen LogP contribution in [-0.4, -0.2) is 36.1 Å². The minimum atomic E-state index is -1.32. The van der Waals surface area contributed by atoms with Crippen LogP contribution in [0, 0.1) is 6.92 Å². The van der Waals surface area contributed by atoms with Crippen molar-refractivity contribution in [2.45, 2.75) is 19.4 Å². The first-order valence-corrected chi connectivity index (χ1v) is 6.51. The molecule has 0 aliphatic rings. The molecule has 0 saturated carbocycles. The Morgan fingerprint density at radius 3 is 2.55 bits per heavy atom. The number of hydrogen-bond donors (Lipinski definition) is 2. The summed E-state index contributed by atoms with van der Waals surface area (Å²) < 4.78 is 5.24. The molecular weight excluding hydrogens is 330 g/mol. The van der Waals surface area contributed by atoms with Gasteiger partial charge in [-0.25, -0.2) is 4.79 Å². The summed E-state index contributed by atoms with van der Waals surface area (Å²) >= 11 is 3.31. The van der Waals surface area contributed by atoms with Gasteiger partial charge in [0, 0.05) is 10.0 Å². The lowest BCUT2D eigenvalue weighted by Crippen LogP contribution is -2.42. The number of hydrogen-bond acceptors (Lipinski definition) is 4. The molecule has 0 bridgehead atoms. The molecule has 0 fully saturated rings. The average Bonchev–Trinajstić information content (AvgIpc) is 2.40. The molecule has 0 radical (unpaired) electrons. The summed E-state index contributed by atoms with van der Waals surface area (Å²) in [6.07, 6.45) is -0.424. The summed E-state index contributed by atoms with van der Waals surface area (Å²) in [6, 6.07) is 3.55. The van der Waals surface area contributed by atoms with Gasteiger partial charge in [0.1, 0.15) is 6.04 Å². The summed E-state index contributed by atoms with van der Waals surface area (Å²) in [5.74, 6) is -2.56. The molecule has 1 aromatic carbocycles. The van der Waals surface area contributed by atoms with Gasteiger partial charge in [0.25, 0.3) is 5.91 Å². The van der Waals surface area contributed by atoms with Gasteiger partial charge in [-0.3, -0.25) is 9.59 Å². The number of carbonyl (C=O) groups is 3. The fourth-order valence-corrected chi connectivity index (χ4v) is 1.72. The highest BCUT2D eigenvalue weighted by Gasteiger charge is 2.24. The maximum absolute atomic E-state index is 12.0. The molecule has 2 N–H and O–H groups in total. The third-order valence-corrected chi connectivity index (χ3v) is 3.51. The monoisotopic (exact) mass is 343 g/mol. The number of carboxylic acid groups (broad SMARTS) is 1. The predicted octanol–water partition coefficient (Wildman–Crippen LogP) is 1.50. The number of carboxylic acids is 1. The van der Waals surface area contributed by atoms with E-state index in [4.69, 9.17) is 5.11 Å². The van der Waals surface area contributed by atoms with Crippen LogP contribution in [0.3, 0.4) is 0 Å². The van der Waals surface area contributed by atoms with E-state index >= 15 is 0 Å². The maximum atomic E-state index is 12.0. The van der Waals surface area contributed by atoms with Gasteiger partial charge in [0.15, 0.2) is 0 Å². The van der Waals surface area contributed by atoms with Crippen LogP contribution in [0.5, 0.6) is 0 Å². The smallest absolute Gasteiger partial charge is 0.326 e. The number of rotatable bonds is 5. The number of carbonyl (C=O) groups excluding carboxylic acids is 2. The van der Waals surface area contributed by atoms with Crippen LogP contribution in [0.4, 0.5) is 0 Å². The van der Waals surface area contributed by atoms with E-state index in [1.54, 1.807) is 18.2 Å². The Balaban J connectivity index is 2.82. The zero-order valence-electron chi connectivity index (χ0n) is 11.0. The predicted molar refractivity (Wildman–Crippen MR) is 74.4 cm³/mol. The highest BCUT2D eigenvalue weighted by atomic mass is 79.9. The summed E-state index contributed by atoms with van der Waals surface area (Å²) in [7, 11) is 1.15. The van der Waals surface area contributed by atoms with Crippen LogP contribution in [0.2, 0.25) is 0 Å². The molecule has 1 rings (SSSR count). The van der Waals surface area contributed by atoms with E-state index in [2.05, 4.69) is 26.0 Å². The van der Waals surface area contributed by atoms with Crippen LogP contribution in [-0.2, 0) is 14.3 Å². The molecule has 7 heteroatoms. The first-order chi connectivity index (χ1) is 9.35. The lowest BCUT2D eigenvalue weighted by atomic mass is 10.1. The zero-order valence-corrected chi connectivity index (χ0v) is 12.6. The Labute approximate surface area is 124 Å². The van der Waals surface area contributed by atoms with Crippen molar-refractivity contribution in [1.82, 2.24) is 5.32 Å². The summed E-state index contributed by atoms with van der Waals surface area (Å²) in [6.45, 7) is 1.81. The number of aliphatic carboxylic acids is 1. The van der Waals surface area contributed by atoms with E-state index in [-0.39, 0.29) is 0 Å². The zero-order chi connectivity index (χ0) is 15.3. The van der Waals surface area contributed by atoms with E-state index in [0.717, 1.165) is 17.1 Å². The van der Waals surface area contributed by atoms with E-state index < -0.39 is 30.3 Å². The first-order valence-electron chi connectivity index (χ1n) is 5.71. The van der Waals surface area contributed by atoms with Crippen LogP contribution in [0.15, 0.2) is 22.7 Å². The molecule has 1 amide bonds. The molecule has 20 heavy (non-hydrogen) atoms. The van der Waals surface area contributed by atoms with Crippen molar-refractivity contribution in [3.63, 3.8) is 0 Å². The topological polar surface area (TPSA) is 92.7 Å². The van der Waals surface area contributed by atoms with Crippen molar-refractivity contribution in [2.24, 2.45) is 0 Å². The number of halogens is 1. The Morgan fingerprint density at radius 2 is 2.05 bits per heavy atom. The van der Waals surface area contributed by atoms with E-state index in [0.29, 0.717) is 5.56 Å². The molecule has 108 valence electrons. The fraction of sp³-hybridized carbons (Fsp3) is 0.308. The second kappa shape index (κ2) is 7.04. The molecule has 0 heterocycles. The molecule has 6 nitrogen and oxygen atoms in total. The third kappa shape index (κ3) is 4.34. The van der Waals surface area contributed by atoms with Gasteiger partial charge in [-0.05, 0) is 30.7 Å². The second-order valence-corrected chi connectivity index (χ2v) is 4.96. The Hall–Kier alpha value is -1.89. The lowest BCUT2D eigenvalue weighted by Gasteiger charge is -2.13. The van der Waals surface area contributed by atoms with Crippen molar-refractivity contribution < 1.29 is 24.2 Å². The summed E-state index contributed by atoms with van der Waals surface area (Å²) in [5.41, 5.74) is 1.17. The van der Waals surface area contributed by atoms with E-state index in [9.17, 15) is 14.4 Å².